The number of hydrogen-bond donors (Lipinski definition) is 1. The Labute approximate surface area is 133 Å². The third-order valence-corrected chi connectivity index (χ3v) is 3.82. The Morgan fingerprint density at radius 3 is 3.09 bits per heavy atom. The number of likely N-dealkylation sites (tertiary alicyclic amines) is 1. The summed E-state index contributed by atoms with van der Waals surface area (Å²) in [5.74, 6) is 2.42. The maximum absolute atomic E-state index is 5.58. The Hall–Kier alpha value is -1.78. The van der Waals surface area contributed by atoms with E-state index in [2.05, 4.69) is 29.0 Å². The highest BCUT2D eigenvalue weighted by atomic mass is 16.5. The summed E-state index contributed by atoms with van der Waals surface area (Å²) in [6.07, 6.45) is 4.31. The number of nitrogens with zero attached hydrogens (tertiary/aromatic N) is 3. The lowest BCUT2D eigenvalue weighted by Gasteiger charge is -2.33. The molecule has 1 fully saturated rings. The van der Waals surface area contributed by atoms with Gasteiger partial charge in [0, 0.05) is 31.4 Å². The van der Waals surface area contributed by atoms with E-state index in [-0.39, 0.29) is 0 Å². The van der Waals surface area contributed by atoms with Gasteiger partial charge in [0.15, 0.2) is 5.96 Å². The topological polar surface area (TPSA) is 49.8 Å². The largest absolute Gasteiger partial charge is 0.478 e. The first-order chi connectivity index (χ1) is 10.7. The Morgan fingerprint density at radius 2 is 2.36 bits per heavy atom. The van der Waals surface area contributed by atoms with Gasteiger partial charge in [-0.2, -0.15) is 0 Å². The molecule has 22 heavy (non-hydrogen) atoms. The van der Waals surface area contributed by atoms with Crippen molar-refractivity contribution in [2.45, 2.75) is 40.2 Å². The van der Waals surface area contributed by atoms with Crippen LogP contribution in [0.4, 0.5) is 0 Å². The fourth-order valence-electron chi connectivity index (χ4n) is 2.78. The lowest BCUT2D eigenvalue weighted by molar-refractivity contribution is 0.266. The van der Waals surface area contributed by atoms with Crippen molar-refractivity contribution in [3.05, 3.63) is 23.9 Å². The molecule has 2 rings (SSSR count). The number of rotatable bonds is 5. The number of guanidine groups is 1. The van der Waals surface area contributed by atoms with Gasteiger partial charge in [0.05, 0.1) is 13.2 Å². The molecule has 0 bridgehead atoms. The number of aliphatic imine (C=N–C) groups is 1. The predicted octanol–water partition coefficient (Wildman–Crippen LogP) is 2.68. The molecule has 1 saturated heterocycles. The maximum atomic E-state index is 5.58. The molecule has 1 unspecified atom stereocenters. The zero-order valence-corrected chi connectivity index (χ0v) is 14.0. The number of nitrogens with one attached hydrogen (secondary N) is 1. The minimum Gasteiger partial charge on any atom is -0.478 e. The second-order valence-corrected chi connectivity index (χ2v) is 5.76. The second-order valence-electron chi connectivity index (χ2n) is 5.76. The Morgan fingerprint density at radius 1 is 1.50 bits per heavy atom. The third-order valence-electron chi connectivity index (χ3n) is 3.82. The average Bonchev–Trinajstić information content (AvgIpc) is 2.53. The molecule has 1 aromatic heterocycles. The van der Waals surface area contributed by atoms with Gasteiger partial charge in [-0.25, -0.2) is 9.98 Å². The normalized spacial score (nSPS) is 19.1. The van der Waals surface area contributed by atoms with Crippen LogP contribution in [0.1, 0.15) is 39.2 Å². The lowest BCUT2D eigenvalue weighted by atomic mass is 10.0. The predicted molar refractivity (Wildman–Crippen MR) is 90.2 cm³/mol. The van der Waals surface area contributed by atoms with Crippen molar-refractivity contribution in [2.24, 2.45) is 10.9 Å². The number of ether oxygens (including phenoxy) is 1. The quantitative estimate of drug-likeness (QED) is 0.671. The van der Waals surface area contributed by atoms with E-state index in [1.54, 1.807) is 6.20 Å². The van der Waals surface area contributed by atoms with Crippen molar-refractivity contribution in [3.63, 3.8) is 0 Å². The highest BCUT2D eigenvalue weighted by Gasteiger charge is 2.19. The van der Waals surface area contributed by atoms with Crippen molar-refractivity contribution in [3.8, 4) is 5.88 Å². The van der Waals surface area contributed by atoms with Crippen LogP contribution in [-0.4, -0.2) is 42.1 Å². The Kier molecular flexibility index (Phi) is 6.49. The van der Waals surface area contributed by atoms with Gasteiger partial charge >= 0.3 is 0 Å². The standard InChI is InChI=1S/C17H28N4O/c1-4-18-17(21-11-7-8-14(3)13-21)20-12-15-9-6-10-19-16(15)22-5-2/h6,9-10,14H,4-5,7-8,11-13H2,1-3H3,(H,18,20). The summed E-state index contributed by atoms with van der Waals surface area (Å²) in [6.45, 7) is 10.7. The number of hydrogen-bond acceptors (Lipinski definition) is 3. The molecule has 122 valence electrons. The van der Waals surface area contributed by atoms with Gasteiger partial charge in [-0.3, -0.25) is 0 Å². The van der Waals surface area contributed by atoms with Crippen molar-refractivity contribution in [1.82, 2.24) is 15.2 Å². The molecule has 2 heterocycles. The summed E-state index contributed by atoms with van der Waals surface area (Å²) in [5, 5.41) is 3.41. The molecule has 1 atom stereocenters. The highest BCUT2D eigenvalue weighted by molar-refractivity contribution is 5.80. The lowest BCUT2D eigenvalue weighted by Crippen LogP contribution is -2.46. The minimum atomic E-state index is 0.594. The molecule has 1 aliphatic rings. The molecule has 0 aromatic carbocycles. The average molecular weight is 304 g/mol. The molecule has 0 amide bonds. The summed E-state index contributed by atoms with van der Waals surface area (Å²) in [6, 6.07) is 3.97. The molecule has 0 aliphatic carbocycles. The second kappa shape index (κ2) is 8.61. The van der Waals surface area contributed by atoms with Crippen LogP contribution >= 0.6 is 0 Å². The van der Waals surface area contributed by atoms with E-state index in [0.29, 0.717) is 19.0 Å². The van der Waals surface area contributed by atoms with Crippen LogP contribution in [0.2, 0.25) is 0 Å². The maximum Gasteiger partial charge on any atom is 0.218 e. The van der Waals surface area contributed by atoms with E-state index in [0.717, 1.165) is 37.1 Å². The SMILES string of the molecule is CCNC(=NCc1cccnc1OCC)N1CCCC(C)C1. The molecule has 0 spiro atoms. The van der Waals surface area contributed by atoms with E-state index in [1.807, 2.05) is 19.1 Å². The fourth-order valence-corrected chi connectivity index (χ4v) is 2.78. The summed E-state index contributed by atoms with van der Waals surface area (Å²) in [7, 11) is 0. The van der Waals surface area contributed by atoms with Crippen molar-refractivity contribution in [2.75, 3.05) is 26.2 Å². The molecule has 5 nitrogen and oxygen atoms in total. The molecular weight excluding hydrogens is 276 g/mol. The van der Waals surface area contributed by atoms with Gasteiger partial charge < -0.3 is 15.0 Å². The highest BCUT2D eigenvalue weighted by Crippen LogP contribution is 2.18. The van der Waals surface area contributed by atoms with Gasteiger partial charge in [0.1, 0.15) is 0 Å². The molecule has 0 radical (unpaired) electrons. The number of pyridine rings is 1. The van der Waals surface area contributed by atoms with Crippen LogP contribution in [0.5, 0.6) is 5.88 Å². The van der Waals surface area contributed by atoms with Gasteiger partial charge in [0.2, 0.25) is 5.88 Å². The minimum absolute atomic E-state index is 0.594. The van der Waals surface area contributed by atoms with E-state index < -0.39 is 0 Å². The monoisotopic (exact) mass is 304 g/mol. The fraction of sp³-hybridized carbons (Fsp3) is 0.647. The smallest absolute Gasteiger partial charge is 0.218 e. The van der Waals surface area contributed by atoms with E-state index in [9.17, 15) is 0 Å². The van der Waals surface area contributed by atoms with Gasteiger partial charge in [-0.15, -0.1) is 0 Å². The van der Waals surface area contributed by atoms with Crippen molar-refractivity contribution < 1.29 is 4.74 Å². The summed E-state index contributed by atoms with van der Waals surface area (Å²) < 4.78 is 5.58. The zero-order chi connectivity index (χ0) is 15.8. The van der Waals surface area contributed by atoms with Crippen LogP contribution in [0, 0.1) is 5.92 Å². The molecule has 0 saturated carbocycles. The molecular formula is C17H28N4O. The Balaban J connectivity index is 2.09. The third kappa shape index (κ3) is 4.61. The number of aromatic nitrogens is 1. The molecule has 5 heteroatoms. The summed E-state index contributed by atoms with van der Waals surface area (Å²) in [4.78, 5) is 11.5. The van der Waals surface area contributed by atoms with E-state index >= 15 is 0 Å². The van der Waals surface area contributed by atoms with E-state index in [4.69, 9.17) is 9.73 Å². The first-order valence-corrected chi connectivity index (χ1v) is 8.34. The van der Waals surface area contributed by atoms with Gasteiger partial charge in [-0.1, -0.05) is 13.0 Å². The number of piperidine rings is 1. The van der Waals surface area contributed by atoms with Crippen molar-refractivity contribution in [1.29, 1.82) is 0 Å². The summed E-state index contributed by atoms with van der Waals surface area (Å²) in [5.41, 5.74) is 1.03. The van der Waals surface area contributed by atoms with E-state index in [1.165, 1.54) is 12.8 Å². The van der Waals surface area contributed by atoms with Crippen LogP contribution in [0.15, 0.2) is 23.3 Å². The first kappa shape index (κ1) is 16.6. The van der Waals surface area contributed by atoms with Crippen LogP contribution in [0.25, 0.3) is 0 Å². The molecule has 1 aromatic rings. The molecule has 1 aliphatic heterocycles. The Bertz CT molecular complexity index is 489. The zero-order valence-electron chi connectivity index (χ0n) is 14.0. The van der Waals surface area contributed by atoms with Crippen LogP contribution in [0.3, 0.4) is 0 Å². The van der Waals surface area contributed by atoms with Crippen molar-refractivity contribution >= 4 is 5.96 Å². The first-order valence-electron chi connectivity index (χ1n) is 8.34. The van der Waals surface area contributed by atoms with Gasteiger partial charge in [-0.05, 0) is 38.7 Å². The molecule has 1 N–H and O–H groups in total. The summed E-state index contributed by atoms with van der Waals surface area (Å²) >= 11 is 0. The van der Waals surface area contributed by atoms with Crippen LogP contribution < -0.4 is 10.1 Å². The van der Waals surface area contributed by atoms with Gasteiger partial charge in [0.25, 0.3) is 0 Å². The van der Waals surface area contributed by atoms with Crippen LogP contribution in [-0.2, 0) is 6.54 Å².